The maximum atomic E-state index is 13.8. The largest absolute Gasteiger partial charge is 0.494 e. The summed E-state index contributed by atoms with van der Waals surface area (Å²) in [6.45, 7) is 4.44. The van der Waals surface area contributed by atoms with E-state index in [2.05, 4.69) is 11.9 Å². The fourth-order valence-corrected chi connectivity index (χ4v) is 6.22. The number of hydrogen-bond acceptors (Lipinski definition) is 8. The van der Waals surface area contributed by atoms with Crippen LogP contribution in [-0.2, 0) is 19.1 Å². The highest BCUT2D eigenvalue weighted by atomic mass is 32.1. The lowest BCUT2D eigenvalue weighted by Crippen LogP contribution is -2.39. The Bertz CT molecular complexity index is 1220. The highest BCUT2D eigenvalue weighted by molar-refractivity contribution is 7.17. The molecule has 3 atom stereocenters. The normalized spacial score (nSPS) is 23.3. The SMILES string of the molecule is CCCCOc1ccc(C2C3=C(OC4CCCCC4C3=O)C(=O)N2c2nc(C)c(C(=O)OC)s2)cc1. The molecule has 1 aromatic carbocycles. The van der Waals surface area contributed by atoms with Crippen molar-refractivity contribution in [3.05, 3.63) is 51.7 Å². The van der Waals surface area contributed by atoms with Crippen molar-refractivity contribution in [2.45, 2.75) is 64.5 Å². The third-order valence-electron chi connectivity index (χ3n) is 7.09. The minimum absolute atomic E-state index is 0.0217. The fourth-order valence-electron chi connectivity index (χ4n) is 5.21. The van der Waals surface area contributed by atoms with Crippen molar-refractivity contribution in [3.63, 3.8) is 0 Å². The molecule has 1 fully saturated rings. The van der Waals surface area contributed by atoms with Crippen molar-refractivity contribution in [2.75, 3.05) is 18.6 Å². The average molecular weight is 511 g/mol. The molecule has 0 spiro atoms. The Labute approximate surface area is 214 Å². The summed E-state index contributed by atoms with van der Waals surface area (Å²) >= 11 is 1.08. The van der Waals surface area contributed by atoms with Crippen LogP contribution in [0.15, 0.2) is 35.6 Å². The monoisotopic (exact) mass is 510 g/mol. The van der Waals surface area contributed by atoms with Gasteiger partial charge >= 0.3 is 5.97 Å². The Hall–Kier alpha value is -3.20. The lowest BCUT2D eigenvalue weighted by atomic mass is 9.77. The van der Waals surface area contributed by atoms with E-state index in [0.29, 0.717) is 27.9 Å². The molecule has 1 aliphatic carbocycles. The Morgan fingerprint density at radius 1 is 1.19 bits per heavy atom. The summed E-state index contributed by atoms with van der Waals surface area (Å²) in [7, 11) is 1.31. The first-order chi connectivity index (χ1) is 17.4. The van der Waals surface area contributed by atoms with Crippen LogP contribution in [0.1, 0.15) is 72.4 Å². The molecule has 0 bridgehead atoms. The minimum atomic E-state index is -0.691. The van der Waals surface area contributed by atoms with Gasteiger partial charge in [-0.3, -0.25) is 14.5 Å². The van der Waals surface area contributed by atoms with Crippen LogP contribution in [-0.4, -0.2) is 42.5 Å². The van der Waals surface area contributed by atoms with Gasteiger partial charge in [0.15, 0.2) is 16.7 Å². The molecule has 1 amide bonds. The van der Waals surface area contributed by atoms with Gasteiger partial charge in [0, 0.05) is 0 Å². The van der Waals surface area contributed by atoms with Crippen LogP contribution >= 0.6 is 11.3 Å². The van der Waals surface area contributed by atoms with Gasteiger partial charge in [0.05, 0.1) is 36.9 Å². The van der Waals surface area contributed by atoms with Gasteiger partial charge < -0.3 is 14.2 Å². The number of anilines is 1. The van der Waals surface area contributed by atoms with E-state index in [1.54, 1.807) is 6.92 Å². The highest BCUT2D eigenvalue weighted by Gasteiger charge is 2.53. The van der Waals surface area contributed by atoms with Crippen molar-refractivity contribution in [1.29, 1.82) is 0 Å². The molecule has 36 heavy (non-hydrogen) atoms. The second kappa shape index (κ2) is 10.0. The van der Waals surface area contributed by atoms with Crippen LogP contribution in [0.4, 0.5) is 5.13 Å². The lowest BCUT2D eigenvalue weighted by molar-refractivity contribution is -0.131. The van der Waals surface area contributed by atoms with E-state index in [0.717, 1.165) is 61.2 Å². The number of amides is 1. The number of aromatic nitrogens is 1. The molecule has 3 aliphatic rings. The summed E-state index contributed by atoms with van der Waals surface area (Å²) in [5, 5.41) is 0.333. The van der Waals surface area contributed by atoms with Gasteiger partial charge in [-0.25, -0.2) is 9.78 Å². The Kier molecular flexibility index (Phi) is 6.83. The molecule has 0 N–H and O–H groups in total. The first-order valence-corrected chi connectivity index (χ1v) is 13.3. The molecule has 3 heterocycles. The molecule has 8 nitrogen and oxygen atoms in total. The number of ketones is 1. The molecular weight excluding hydrogens is 480 g/mol. The molecule has 190 valence electrons. The van der Waals surface area contributed by atoms with Crippen LogP contribution < -0.4 is 9.64 Å². The molecule has 1 aromatic heterocycles. The number of carbonyl (C=O) groups is 3. The van der Waals surface area contributed by atoms with Crippen LogP contribution in [0.5, 0.6) is 5.75 Å². The van der Waals surface area contributed by atoms with Gasteiger partial charge in [-0.1, -0.05) is 43.2 Å². The van der Waals surface area contributed by atoms with E-state index in [9.17, 15) is 14.4 Å². The van der Waals surface area contributed by atoms with Crippen molar-refractivity contribution >= 4 is 34.1 Å². The second-order valence-corrected chi connectivity index (χ2v) is 10.4. The number of unbranched alkanes of at least 4 members (excludes halogenated alkanes) is 1. The van der Waals surface area contributed by atoms with Gasteiger partial charge in [0.2, 0.25) is 0 Å². The van der Waals surface area contributed by atoms with E-state index in [1.807, 2.05) is 24.3 Å². The summed E-state index contributed by atoms with van der Waals surface area (Å²) < 4.78 is 16.9. The number of fused-ring (bicyclic) bond motifs is 1. The van der Waals surface area contributed by atoms with Crippen LogP contribution in [0, 0.1) is 12.8 Å². The van der Waals surface area contributed by atoms with Crippen LogP contribution in [0.25, 0.3) is 0 Å². The van der Waals surface area contributed by atoms with Crippen molar-refractivity contribution in [2.24, 2.45) is 5.92 Å². The second-order valence-electron chi connectivity index (χ2n) is 9.41. The molecule has 2 aromatic rings. The molecule has 9 heteroatoms. The van der Waals surface area contributed by atoms with Gasteiger partial charge in [-0.15, -0.1) is 0 Å². The molecule has 3 unspecified atom stereocenters. The number of aryl methyl sites for hydroxylation is 1. The predicted octanol–water partition coefficient (Wildman–Crippen LogP) is 4.92. The standard InChI is InChI=1S/C27H30N2O6S/c1-4-5-14-34-17-12-10-16(11-13-17)21-20-22(30)18-8-6-7-9-19(18)35-23(20)25(31)29(21)27-28-15(2)24(36-27)26(32)33-3/h10-13,18-19,21H,4-9,14H2,1-3H3. The zero-order chi connectivity index (χ0) is 25.4. The summed E-state index contributed by atoms with van der Waals surface area (Å²) in [5.74, 6) is -0.331. The first kappa shape index (κ1) is 24.5. The third kappa shape index (κ3) is 4.19. The van der Waals surface area contributed by atoms with Gasteiger partial charge in [-0.2, -0.15) is 0 Å². The summed E-state index contributed by atoms with van der Waals surface area (Å²) in [6, 6.07) is 6.78. The molecular formula is C27H30N2O6S. The summed E-state index contributed by atoms with van der Waals surface area (Å²) in [4.78, 5) is 46.2. The highest BCUT2D eigenvalue weighted by Crippen LogP contribution is 2.49. The maximum Gasteiger partial charge on any atom is 0.350 e. The molecule has 0 radical (unpaired) electrons. The molecule has 5 rings (SSSR count). The fraction of sp³-hybridized carbons (Fsp3) is 0.481. The number of ether oxygens (including phenoxy) is 3. The molecule has 0 saturated heterocycles. The Balaban J connectivity index is 1.56. The van der Waals surface area contributed by atoms with Crippen molar-refractivity contribution < 1.29 is 28.6 Å². The number of hydrogen-bond donors (Lipinski definition) is 0. The minimum Gasteiger partial charge on any atom is -0.494 e. The first-order valence-electron chi connectivity index (χ1n) is 12.5. The maximum absolute atomic E-state index is 13.8. The number of nitrogens with zero attached hydrogens (tertiary/aromatic N) is 2. The number of Topliss-reactive ketones (excluding diaryl/α,β-unsaturated/α-hetero) is 1. The summed E-state index contributed by atoms with van der Waals surface area (Å²) in [6.07, 6.45) is 5.20. The van der Waals surface area contributed by atoms with Gasteiger partial charge in [-0.05, 0) is 50.3 Å². The Morgan fingerprint density at radius 2 is 1.94 bits per heavy atom. The van der Waals surface area contributed by atoms with E-state index in [-0.39, 0.29) is 23.6 Å². The average Bonchev–Trinajstić information content (AvgIpc) is 3.41. The summed E-state index contributed by atoms with van der Waals surface area (Å²) in [5.41, 5.74) is 1.61. The third-order valence-corrected chi connectivity index (χ3v) is 8.22. The Morgan fingerprint density at radius 3 is 2.67 bits per heavy atom. The van der Waals surface area contributed by atoms with E-state index >= 15 is 0 Å². The van der Waals surface area contributed by atoms with Gasteiger partial charge in [0.25, 0.3) is 5.91 Å². The lowest BCUT2D eigenvalue weighted by Gasteiger charge is -2.35. The number of thiazole rings is 1. The van der Waals surface area contributed by atoms with E-state index in [1.165, 1.54) is 12.0 Å². The number of benzene rings is 1. The smallest absolute Gasteiger partial charge is 0.350 e. The zero-order valence-corrected chi connectivity index (χ0v) is 21.6. The predicted molar refractivity (Wildman–Crippen MR) is 134 cm³/mol. The topological polar surface area (TPSA) is 95.0 Å². The molecule has 2 aliphatic heterocycles. The van der Waals surface area contributed by atoms with E-state index in [4.69, 9.17) is 14.2 Å². The number of methoxy groups -OCH3 is 1. The van der Waals surface area contributed by atoms with Gasteiger partial charge in [0.1, 0.15) is 16.7 Å². The van der Waals surface area contributed by atoms with Crippen molar-refractivity contribution in [3.8, 4) is 5.75 Å². The number of carbonyl (C=O) groups excluding carboxylic acids is 3. The molecule has 1 saturated carbocycles. The van der Waals surface area contributed by atoms with Crippen LogP contribution in [0.3, 0.4) is 0 Å². The quantitative estimate of drug-likeness (QED) is 0.385. The van der Waals surface area contributed by atoms with Crippen molar-refractivity contribution in [1.82, 2.24) is 4.98 Å². The zero-order valence-electron chi connectivity index (χ0n) is 20.7. The number of rotatable bonds is 7. The van der Waals surface area contributed by atoms with E-state index < -0.39 is 17.9 Å². The van der Waals surface area contributed by atoms with Crippen LogP contribution in [0.2, 0.25) is 0 Å². The number of esters is 1.